The lowest BCUT2D eigenvalue weighted by molar-refractivity contribution is -0.129. The number of ether oxygens (including phenoxy) is 1. The molecule has 23 heavy (non-hydrogen) atoms. The van der Waals surface area contributed by atoms with Crippen LogP contribution in [-0.4, -0.2) is 35.0 Å². The average molecular weight is 307 g/mol. The van der Waals surface area contributed by atoms with Crippen LogP contribution in [0, 0.1) is 11.3 Å². The number of amides is 1. The lowest BCUT2D eigenvalue weighted by Gasteiger charge is -2.17. The Bertz CT molecular complexity index is 725. The van der Waals surface area contributed by atoms with Gasteiger partial charge in [-0.25, -0.2) is 4.98 Å². The zero-order valence-corrected chi connectivity index (χ0v) is 12.7. The molecule has 1 amide bonds. The van der Waals surface area contributed by atoms with Gasteiger partial charge in [-0.15, -0.1) is 0 Å². The quantitative estimate of drug-likeness (QED) is 0.868. The highest BCUT2D eigenvalue weighted by Gasteiger charge is 2.27. The summed E-state index contributed by atoms with van der Waals surface area (Å²) in [6.45, 7) is 1.25. The minimum absolute atomic E-state index is 0.0730. The molecule has 1 aliphatic rings. The number of likely N-dealkylation sites (tertiary alicyclic amines) is 1. The van der Waals surface area contributed by atoms with Gasteiger partial charge in [0.1, 0.15) is 6.10 Å². The van der Waals surface area contributed by atoms with Gasteiger partial charge in [0.25, 0.3) is 0 Å². The van der Waals surface area contributed by atoms with E-state index in [1.165, 1.54) is 0 Å². The van der Waals surface area contributed by atoms with Gasteiger partial charge < -0.3 is 9.64 Å². The molecule has 116 valence electrons. The average Bonchev–Trinajstić information content (AvgIpc) is 3.04. The summed E-state index contributed by atoms with van der Waals surface area (Å²) in [5, 5.41) is 8.89. The standard InChI is InChI=1S/C18H17N3O2/c19-12-15-6-8-20-17(10-15)23-16-7-9-21(13-16)18(22)11-14-4-2-1-3-5-14/h1-6,8,10,16H,7,9,11,13H2. The third-order valence-electron chi connectivity index (χ3n) is 3.85. The van der Waals surface area contributed by atoms with E-state index in [9.17, 15) is 4.79 Å². The summed E-state index contributed by atoms with van der Waals surface area (Å²) in [6.07, 6.45) is 2.67. The molecule has 0 radical (unpaired) electrons. The molecule has 1 aliphatic heterocycles. The van der Waals surface area contributed by atoms with Gasteiger partial charge in [0.15, 0.2) is 0 Å². The molecule has 2 heterocycles. The van der Waals surface area contributed by atoms with Crippen molar-refractivity contribution in [1.82, 2.24) is 9.88 Å². The number of hydrogen-bond acceptors (Lipinski definition) is 4. The SMILES string of the molecule is N#Cc1ccnc(OC2CCN(C(=O)Cc3ccccc3)C2)c1. The van der Waals surface area contributed by atoms with Crippen molar-refractivity contribution in [3.63, 3.8) is 0 Å². The van der Waals surface area contributed by atoms with Crippen molar-refractivity contribution in [2.75, 3.05) is 13.1 Å². The molecule has 0 spiro atoms. The van der Waals surface area contributed by atoms with E-state index in [1.807, 2.05) is 35.2 Å². The summed E-state index contributed by atoms with van der Waals surface area (Å²) < 4.78 is 5.79. The van der Waals surface area contributed by atoms with Gasteiger partial charge in [0.05, 0.1) is 24.6 Å². The molecule has 3 rings (SSSR count). The predicted molar refractivity (Wildman–Crippen MR) is 84.7 cm³/mol. The van der Waals surface area contributed by atoms with E-state index in [-0.39, 0.29) is 12.0 Å². The van der Waals surface area contributed by atoms with Gasteiger partial charge in [-0.3, -0.25) is 4.79 Å². The molecule has 1 unspecified atom stereocenters. The first kappa shape index (κ1) is 15.0. The van der Waals surface area contributed by atoms with Crippen molar-refractivity contribution in [3.8, 4) is 11.9 Å². The Kier molecular flexibility index (Phi) is 4.53. The van der Waals surface area contributed by atoms with Crippen molar-refractivity contribution >= 4 is 5.91 Å². The minimum Gasteiger partial charge on any atom is -0.472 e. The van der Waals surface area contributed by atoms with Gasteiger partial charge in [0, 0.05) is 25.2 Å². The second kappa shape index (κ2) is 6.93. The number of carbonyl (C=O) groups excluding carboxylic acids is 1. The van der Waals surface area contributed by atoms with Crippen LogP contribution in [0.15, 0.2) is 48.7 Å². The molecule has 1 fully saturated rings. The van der Waals surface area contributed by atoms with Crippen molar-refractivity contribution in [2.24, 2.45) is 0 Å². The van der Waals surface area contributed by atoms with Crippen LogP contribution in [0.3, 0.4) is 0 Å². The number of benzene rings is 1. The minimum atomic E-state index is -0.0730. The first-order chi connectivity index (χ1) is 11.2. The lowest BCUT2D eigenvalue weighted by Crippen LogP contribution is -2.32. The number of rotatable bonds is 4. The molecule has 0 aliphatic carbocycles. The summed E-state index contributed by atoms with van der Waals surface area (Å²) in [7, 11) is 0. The molecule has 5 heteroatoms. The molecule has 5 nitrogen and oxygen atoms in total. The van der Waals surface area contributed by atoms with Crippen LogP contribution in [0.25, 0.3) is 0 Å². The van der Waals surface area contributed by atoms with E-state index in [0.717, 1.165) is 12.0 Å². The predicted octanol–water partition coefficient (Wildman–Crippen LogP) is 2.18. The van der Waals surface area contributed by atoms with Crippen LogP contribution in [0.4, 0.5) is 0 Å². The number of pyridine rings is 1. The maximum Gasteiger partial charge on any atom is 0.227 e. The van der Waals surface area contributed by atoms with Crippen LogP contribution < -0.4 is 4.74 Å². The van der Waals surface area contributed by atoms with Crippen LogP contribution in [0.2, 0.25) is 0 Å². The third kappa shape index (κ3) is 3.86. The van der Waals surface area contributed by atoms with Gasteiger partial charge in [-0.05, 0) is 11.6 Å². The monoisotopic (exact) mass is 307 g/mol. The number of aromatic nitrogens is 1. The third-order valence-corrected chi connectivity index (χ3v) is 3.85. The van der Waals surface area contributed by atoms with E-state index >= 15 is 0 Å². The Morgan fingerprint density at radius 2 is 2.17 bits per heavy atom. The molecule has 0 N–H and O–H groups in total. The van der Waals surface area contributed by atoms with Crippen LogP contribution in [0.5, 0.6) is 5.88 Å². The number of hydrogen-bond donors (Lipinski definition) is 0. The molecule has 1 atom stereocenters. The van der Waals surface area contributed by atoms with E-state index in [4.69, 9.17) is 10.00 Å². The topological polar surface area (TPSA) is 66.2 Å². The van der Waals surface area contributed by atoms with Gasteiger partial charge >= 0.3 is 0 Å². The highest BCUT2D eigenvalue weighted by atomic mass is 16.5. The number of nitrogens with zero attached hydrogens (tertiary/aromatic N) is 3. The van der Waals surface area contributed by atoms with E-state index in [1.54, 1.807) is 18.3 Å². The Hall–Kier alpha value is -2.87. The van der Waals surface area contributed by atoms with Crippen molar-refractivity contribution in [3.05, 3.63) is 59.8 Å². The Labute approximate surface area is 135 Å². The maximum atomic E-state index is 12.3. The molecular formula is C18H17N3O2. The smallest absolute Gasteiger partial charge is 0.227 e. The Balaban J connectivity index is 1.56. The molecule has 0 bridgehead atoms. The van der Waals surface area contributed by atoms with Gasteiger partial charge in [-0.2, -0.15) is 5.26 Å². The van der Waals surface area contributed by atoms with Crippen molar-refractivity contribution < 1.29 is 9.53 Å². The Morgan fingerprint density at radius 3 is 2.96 bits per heavy atom. The first-order valence-corrected chi connectivity index (χ1v) is 7.59. The fourth-order valence-corrected chi connectivity index (χ4v) is 2.65. The lowest BCUT2D eigenvalue weighted by atomic mass is 10.1. The van der Waals surface area contributed by atoms with Crippen LogP contribution in [0.1, 0.15) is 17.5 Å². The Morgan fingerprint density at radius 1 is 1.35 bits per heavy atom. The highest BCUT2D eigenvalue weighted by molar-refractivity contribution is 5.79. The molecule has 1 aromatic heterocycles. The fourth-order valence-electron chi connectivity index (χ4n) is 2.65. The summed E-state index contributed by atoms with van der Waals surface area (Å²) in [5.41, 5.74) is 1.54. The van der Waals surface area contributed by atoms with Crippen molar-refractivity contribution in [1.29, 1.82) is 5.26 Å². The molecule has 0 saturated carbocycles. The van der Waals surface area contributed by atoms with Gasteiger partial charge in [0.2, 0.25) is 11.8 Å². The zero-order chi connectivity index (χ0) is 16.1. The molecule has 1 aromatic carbocycles. The second-order valence-corrected chi connectivity index (χ2v) is 5.53. The highest BCUT2D eigenvalue weighted by Crippen LogP contribution is 2.18. The summed E-state index contributed by atoms with van der Waals surface area (Å²) in [6, 6.07) is 15.0. The summed E-state index contributed by atoms with van der Waals surface area (Å²) in [4.78, 5) is 18.3. The first-order valence-electron chi connectivity index (χ1n) is 7.59. The van der Waals surface area contributed by atoms with E-state index in [0.29, 0.717) is 31.0 Å². The van der Waals surface area contributed by atoms with E-state index in [2.05, 4.69) is 11.1 Å². The van der Waals surface area contributed by atoms with Gasteiger partial charge in [-0.1, -0.05) is 30.3 Å². The summed E-state index contributed by atoms with van der Waals surface area (Å²) in [5.74, 6) is 0.549. The maximum absolute atomic E-state index is 12.3. The summed E-state index contributed by atoms with van der Waals surface area (Å²) >= 11 is 0. The van der Waals surface area contributed by atoms with Crippen LogP contribution >= 0.6 is 0 Å². The van der Waals surface area contributed by atoms with Crippen molar-refractivity contribution in [2.45, 2.75) is 18.9 Å². The van der Waals surface area contributed by atoms with Crippen LogP contribution in [-0.2, 0) is 11.2 Å². The molecule has 2 aromatic rings. The second-order valence-electron chi connectivity index (χ2n) is 5.53. The fraction of sp³-hybridized carbons (Fsp3) is 0.278. The van der Waals surface area contributed by atoms with E-state index < -0.39 is 0 Å². The largest absolute Gasteiger partial charge is 0.472 e. The molecular weight excluding hydrogens is 290 g/mol. The molecule has 1 saturated heterocycles. The zero-order valence-electron chi connectivity index (χ0n) is 12.7. The number of carbonyl (C=O) groups is 1. The number of nitriles is 1. The normalized spacial score (nSPS) is 16.8.